The first-order valence-corrected chi connectivity index (χ1v) is 5.93. The first kappa shape index (κ1) is 8.72. The van der Waals surface area contributed by atoms with Crippen LogP contribution in [0.15, 0.2) is 22.8 Å². The number of hydrogen-bond acceptors (Lipinski definition) is 2. The van der Waals surface area contributed by atoms with Gasteiger partial charge in [0.15, 0.2) is 0 Å². The van der Waals surface area contributed by atoms with Gasteiger partial charge in [0.1, 0.15) is 5.82 Å². The van der Waals surface area contributed by atoms with Gasteiger partial charge in [-0.1, -0.05) is 22.4 Å². The van der Waals surface area contributed by atoms with Crippen LogP contribution in [-0.2, 0) is 0 Å². The van der Waals surface area contributed by atoms with Gasteiger partial charge in [0.05, 0.1) is 0 Å². The van der Waals surface area contributed by atoms with Crippen molar-refractivity contribution in [3.63, 3.8) is 0 Å². The predicted molar refractivity (Wildman–Crippen MR) is 60.4 cm³/mol. The summed E-state index contributed by atoms with van der Waals surface area (Å²) >= 11 is 3.48. The summed E-state index contributed by atoms with van der Waals surface area (Å²) in [6, 6.07) is 4.08. The summed E-state index contributed by atoms with van der Waals surface area (Å²) in [7, 11) is 0. The molecule has 0 N–H and O–H groups in total. The summed E-state index contributed by atoms with van der Waals surface area (Å²) in [5.74, 6) is 1.12. The zero-order chi connectivity index (χ0) is 9.60. The van der Waals surface area contributed by atoms with E-state index in [9.17, 15) is 0 Å². The second-order valence-electron chi connectivity index (χ2n) is 4.54. The monoisotopic (exact) mass is 252 g/mol. The number of pyridine rings is 1. The van der Waals surface area contributed by atoms with Crippen LogP contribution in [0.2, 0.25) is 0 Å². The molecule has 1 saturated heterocycles. The van der Waals surface area contributed by atoms with E-state index in [0.29, 0.717) is 5.41 Å². The minimum absolute atomic E-state index is 0.685. The van der Waals surface area contributed by atoms with Gasteiger partial charge in [0.2, 0.25) is 0 Å². The van der Waals surface area contributed by atoms with Gasteiger partial charge in [0.25, 0.3) is 0 Å². The van der Waals surface area contributed by atoms with Crippen molar-refractivity contribution >= 4 is 21.7 Å². The standard InChI is InChI=1S/C11H13BrN2/c12-9-2-5-13-10(6-9)14-7-11(8-14)3-1-4-11/h2,5-6H,1,3-4,7-8H2. The molecule has 0 atom stereocenters. The predicted octanol–water partition coefficient (Wildman–Crippen LogP) is 2.83. The quantitative estimate of drug-likeness (QED) is 0.765. The summed E-state index contributed by atoms with van der Waals surface area (Å²) in [6.07, 6.45) is 6.15. The highest BCUT2D eigenvalue weighted by atomic mass is 79.9. The highest BCUT2D eigenvalue weighted by Gasteiger charge is 2.47. The first-order valence-electron chi connectivity index (χ1n) is 5.14. The number of nitrogens with zero attached hydrogens (tertiary/aromatic N) is 2. The van der Waals surface area contributed by atoms with Crippen LogP contribution in [0, 0.1) is 5.41 Å². The average molecular weight is 253 g/mol. The Balaban J connectivity index is 1.73. The molecule has 0 bridgehead atoms. The van der Waals surface area contributed by atoms with Crippen molar-refractivity contribution in [3.8, 4) is 0 Å². The molecule has 2 nitrogen and oxygen atoms in total. The van der Waals surface area contributed by atoms with Crippen molar-refractivity contribution in [2.45, 2.75) is 19.3 Å². The Morgan fingerprint density at radius 3 is 2.71 bits per heavy atom. The SMILES string of the molecule is Brc1ccnc(N2CC3(CCC3)C2)c1. The van der Waals surface area contributed by atoms with Gasteiger partial charge < -0.3 is 4.90 Å². The van der Waals surface area contributed by atoms with Gasteiger partial charge in [0, 0.05) is 29.2 Å². The Morgan fingerprint density at radius 2 is 2.14 bits per heavy atom. The van der Waals surface area contributed by atoms with E-state index in [4.69, 9.17) is 0 Å². The van der Waals surface area contributed by atoms with Crippen molar-refractivity contribution in [3.05, 3.63) is 22.8 Å². The van der Waals surface area contributed by atoms with E-state index in [1.54, 1.807) is 0 Å². The molecule has 0 radical (unpaired) electrons. The molecule has 2 aliphatic rings. The molecule has 0 aromatic carbocycles. The molecule has 1 spiro atoms. The fourth-order valence-electron chi connectivity index (χ4n) is 2.48. The summed E-state index contributed by atoms with van der Waals surface area (Å²) < 4.78 is 1.12. The van der Waals surface area contributed by atoms with E-state index >= 15 is 0 Å². The van der Waals surface area contributed by atoms with Gasteiger partial charge in [-0.05, 0) is 25.0 Å². The number of anilines is 1. The second-order valence-corrected chi connectivity index (χ2v) is 5.46. The van der Waals surface area contributed by atoms with Crippen LogP contribution >= 0.6 is 15.9 Å². The minimum Gasteiger partial charge on any atom is -0.355 e. The molecule has 1 aliphatic carbocycles. The maximum absolute atomic E-state index is 4.38. The second kappa shape index (κ2) is 2.96. The molecule has 3 heteroatoms. The Morgan fingerprint density at radius 1 is 1.36 bits per heavy atom. The highest BCUT2D eigenvalue weighted by Crippen LogP contribution is 2.49. The maximum Gasteiger partial charge on any atom is 0.129 e. The molecule has 3 rings (SSSR count). The number of halogens is 1. The highest BCUT2D eigenvalue weighted by molar-refractivity contribution is 9.10. The topological polar surface area (TPSA) is 16.1 Å². The van der Waals surface area contributed by atoms with E-state index < -0.39 is 0 Å². The summed E-state index contributed by atoms with van der Waals surface area (Å²) in [6.45, 7) is 2.44. The molecule has 2 heterocycles. The molecule has 1 aromatic rings. The van der Waals surface area contributed by atoms with Crippen molar-refractivity contribution in [2.24, 2.45) is 5.41 Å². The maximum atomic E-state index is 4.38. The normalized spacial score (nSPS) is 23.1. The fourth-order valence-corrected chi connectivity index (χ4v) is 2.81. The van der Waals surface area contributed by atoms with Gasteiger partial charge in [-0.15, -0.1) is 0 Å². The van der Waals surface area contributed by atoms with Crippen LogP contribution in [0.4, 0.5) is 5.82 Å². The molecule has 1 saturated carbocycles. The number of aromatic nitrogens is 1. The Bertz CT molecular complexity index is 352. The smallest absolute Gasteiger partial charge is 0.129 e. The lowest BCUT2D eigenvalue weighted by molar-refractivity contribution is 0.0896. The lowest BCUT2D eigenvalue weighted by atomic mass is 9.63. The summed E-state index contributed by atoms with van der Waals surface area (Å²) in [5, 5.41) is 0. The number of rotatable bonds is 1. The third kappa shape index (κ3) is 1.26. The lowest BCUT2D eigenvalue weighted by Gasteiger charge is -2.56. The first-order chi connectivity index (χ1) is 6.77. The Hall–Kier alpha value is -0.570. The summed E-state index contributed by atoms with van der Waals surface area (Å²) in [5.41, 5.74) is 0.685. The Labute approximate surface area is 92.5 Å². The average Bonchev–Trinajstić information content (AvgIpc) is 1.98. The molecule has 14 heavy (non-hydrogen) atoms. The zero-order valence-corrected chi connectivity index (χ0v) is 9.63. The van der Waals surface area contributed by atoms with Crippen molar-refractivity contribution in [1.82, 2.24) is 4.98 Å². The van der Waals surface area contributed by atoms with Gasteiger partial charge in [-0.2, -0.15) is 0 Å². The molecule has 2 fully saturated rings. The Kier molecular flexibility index (Phi) is 1.84. The van der Waals surface area contributed by atoms with Crippen LogP contribution in [0.1, 0.15) is 19.3 Å². The van der Waals surface area contributed by atoms with Gasteiger partial charge in [-0.25, -0.2) is 4.98 Å². The molecule has 1 aliphatic heterocycles. The lowest BCUT2D eigenvalue weighted by Crippen LogP contribution is -2.60. The van der Waals surface area contributed by atoms with Crippen LogP contribution in [0.5, 0.6) is 0 Å². The van der Waals surface area contributed by atoms with Gasteiger partial charge in [-0.3, -0.25) is 0 Å². The van der Waals surface area contributed by atoms with Crippen LogP contribution < -0.4 is 4.90 Å². The third-order valence-corrected chi connectivity index (χ3v) is 3.99. The molecular formula is C11H13BrN2. The minimum atomic E-state index is 0.685. The van der Waals surface area contributed by atoms with E-state index in [-0.39, 0.29) is 0 Å². The van der Waals surface area contributed by atoms with E-state index in [2.05, 4.69) is 31.9 Å². The third-order valence-electron chi connectivity index (χ3n) is 3.50. The molecule has 0 unspecified atom stereocenters. The fraction of sp³-hybridized carbons (Fsp3) is 0.545. The van der Waals surface area contributed by atoms with Crippen LogP contribution in [0.25, 0.3) is 0 Å². The van der Waals surface area contributed by atoms with Crippen molar-refractivity contribution in [1.29, 1.82) is 0 Å². The van der Waals surface area contributed by atoms with Crippen LogP contribution in [-0.4, -0.2) is 18.1 Å². The summed E-state index contributed by atoms with van der Waals surface area (Å²) in [4.78, 5) is 6.76. The van der Waals surface area contributed by atoms with Gasteiger partial charge >= 0.3 is 0 Å². The van der Waals surface area contributed by atoms with E-state index in [0.717, 1.165) is 10.3 Å². The van der Waals surface area contributed by atoms with E-state index in [1.165, 1.54) is 32.4 Å². The number of hydrogen-bond donors (Lipinski definition) is 0. The largest absolute Gasteiger partial charge is 0.355 e. The van der Waals surface area contributed by atoms with Crippen molar-refractivity contribution < 1.29 is 0 Å². The van der Waals surface area contributed by atoms with Crippen LogP contribution in [0.3, 0.4) is 0 Å². The van der Waals surface area contributed by atoms with Crippen molar-refractivity contribution in [2.75, 3.05) is 18.0 Å². The molecule has 74 valence electrons. The zero-order valence-electron chi connectivity index (χ0n) is 8.04. The van der Waals surface area contributed by atoms with E-state index in [1.807, 2.05) is 12.3 Å². The molecular weight excluding hydrogens is 240 g/mol. The molecule has 1 aromatic heterocycles. The molecule has 0 amide bonds.